The van der Waals surface area contributed by atoms with Gasteiger partial charge in [-0.15, -0.1) is 10.2 Å². The topological polar surface area (TPSA) is 74.2 Å². The monoisotopic (exact) mass is 329 g/mol. The first-order valence-electron chi connectivity index (χ1n) is 5.20. The Kier molecular flexibility index (Phi) is 4.62. The number of rotatable bonds is 5. The van der Waals surface area contributed by atoms with Crippen molar-refractivity contribution in [1.82, 2.24) is 10.2 Å². The lowest BCUT2D eigenvalue weighted by atomic mass is 10.2. The highest BCUT2D eigenvalue weighted by atomic mass is 79.9. The summed E-state index contributed by atoms with van der Waals surface area (Å²) in [4.78, 5) is 0. The van der Waals surface area contributed by atoms with E-state index >= 15 is 0 Å². The molecule has 2 N–H and O–H groups in total. The van der Waals surface area contributed by atoms with Crippen molar-refractivity contribution in [2.45, 2.75) is 17.5 Å². The predicted molar refractivity (Wildman–Crippen MR) is 72.4 cm³/mol. The maximum atomic E-state index is 5.40. The molecule has 0 bridgehead atoms. The molecule has 0 aliphatic heterocycles. The highest BCUT2D eigenvalue weighted by Gasteiger charge is 2.07. The predicted octanol–water partition coefficient (Wildman–Crippen LogP) is 2.59. The lowest BCUT2D eigenvalue weighted by molar-refractivity contribution is 0.412. The van der Waals surface area contributed by atoms with Crippen LogP contribution in [-0.4, -0.2) is 17.3 Å². The van der Waals surface area contributed by atoms with Gasteiger partial charge in [-0.25, -0.2) is 0 Å². The smallest absolute Gasteiger partial charge is 0.276 e. The molecule has 18 heavy (non-hydrogen) atoms. The number of nitrogens with zero attached hydrogens (tertiary/aromatic N) is 2. The highest BCUT2D eigenvalue weighted by Crippen LogP contribution is 2.28. The lowest BCUT2D eigenvalue weighted by Crippen LogP contribution is -1.95. The Morgan fingerprint density at radius 2 is 2.28 bits per heavy atom. The summed E-state index contributed by atoms with van der Waals surface area (Å²) in [5.74, 6) is 2.01. The van der Waals surface area contributed by atoms with E-state index in [2.05, 4.69) is 26.1 Å². The Morgan fingerprint density at radius 3 is 2.89 bits per heavy atom. The van der Waals surface area contributed by atoms with E-state index in [9.17, 15) is 0 Å². The first-order valence-corrected chi connectivity index (χ1v) is 6.98. The Morgan fingerprint density at radius 1 is 1.44 bits per heavy atom. The van der Waals surface area contributed by atoms with Gasteiger partial charge in [0, 0.05) is 5.75 Å². The van der Waals surface area contributed by atoms with E-state index in [0.717, 1.165) is 21.5 Å². The van der Waals surface area contributed by atoms with Crippen molar-refractivity contribution in [3.05, 3.63) is 34.1 Å². The number of hydrogen-bond donors (Lipinski definition) is 1. The molecule has 0 fully saturated rings. The van der Waals surface area contributed by atoms with Crippen LogP contribution < -0.4 is 10.5 Å². The zero-order valence-electron chi connectivity index (χ0n) is 9.72. The summed E-state index contributed by atoms with van der Waals surface area (Å²) < 4.78 is 11.4. The van der Waals surface area contributed by atoms with Crippen molar-refractivity contribution in [2.75, 3.05) is 7.11 Å². The van der Waals surface area contributed by atoms with Gasteiger partial charge in [0.2, 0.25) is 5.89 Å². The molecular weight excluding hydrogens is 318 g/mol. The second-order valence-electron chi connectivity index (χ2n) is 3.42. The van der Waals surface area contributed by atoms with Gasteiger partial charge in [-0.2, -0.15) is 0 Å². The molecule has 5 nitrogen and oxygen atoms in total. The fraction of sp³-hybridized carbons (Fsp3) is 0.273. The highest BCUT2D eigenvalue weighted by molar-refractivity contribution is 9.10. The minimum Gasteiger partial charge on any atom is -0.496 e. The van der Waals surface area contributed by atoms with Crippen LogP contribution in [0, 0.1) is 0 Å². The molecule has 2 rings (SSSR count). The van der Waals surface area contributed by atoms with E-state index in [4.69, 9.17) is 14.9 Å². The number of methoxy groups -OCH3 is 1. The van der Waals surface area contributed by atoms with Gasteiger partial charge in [-0.05, 0) is 33.6 Å². The molecule has 0 atom stereocenters. The number of hydrogen-bond acceptors (Lipinski definition) is 6. The Bertz CT molecular complexity index is 533. The Balaban J connectivity index is 1.99. The zero-order valence-corrected chi connectivity index (χ0v) is 12.1. The van der Waals surface area contributed by atoms with Crippen LogP contribution in [-0.2, 0) is 12.3 Å². The number of thioether (sulfide) groups is 1. The van der Waals surface area contributed by atoms with Gasteiger partial charge in [0.05, 0.1) is 18.1 Å². The SMILES string of the molecule is COc1ccc(CSc2nnc(CN)o2)cc1Br. The molecule has 1 aromatic carbocycles. The van der Waals surface area contributed by atoms with Gasteiger partial charge < -0.3 is 14.9 Å². The first kappa shape index (κ1) is 13.4. The fourth-order valence-electron chi connectivity index (χ4n) is 1.32. The molecule has 0 saturated carbocycles. The quantitative estimate of drug-likeness (QED) is 0.850. The van der Waals surface area contributed by atoms with Crippen LogP contribution in [0.3, 0.4) is 0 Å². The summed E-state index contributed by atoms with van der Waals surface area (Å²) in [7, 11) is 1.64. The van der Waals surface area contributed by atoms with Gasteiger partial charge in [0.1, 0.15) is 5.75 Å². The van der Waals surface area contributed by atoms with Crippen LogP contribution in [0.5, 0.6) is 5.75 Å². The van der Waals surface area contributed by atoms with Crippen LogP contribution in [0.15, 0.2) is 32.3 Å². The van der Waals surface area contributed by atoms with Crippen molar-refractivity contribution in [1.29, 1.82) is 0 Å². The summed E-state index contributed by atoms with van der Waals surface area (Å²) >= 11 is 4.92. The first-order chi connectivity index (χ1) is 8.72. The number of benzene rings is 1. The molecule has 0 unspecified atom stereocenters. The standard InChI is InChI=1S/C11H12BrN3O2S/c1-16-9-3-2-7(4-8(9)12)6-18-11-15-14-10(5-13)17-11/h2-4H,5-6,13H2,1H3. The van der Waals surface area contributed by atoms with Crippen LogP contribution >= 0.6 is 27.7 Å². The molecular formula is C11H12BrN3O2S. The maximum Gasteiger partial charge on any atom is 0.276 e. The Labute approximate surface area is 117 Å². The largest absolute Gasteiger partial charge is 0.496 e. The third-order valence-electron chi connectivity index (χ3n) is 2.20. The molecule has 2 aromatic rings. The lowest BCUT2D eigenvalue weighted by Gasteiger charge is -2.04. The summed E-state index contributed by atoms with van der Waals surface area (Å²) in [5.41, 5.74) is 6.54. The summed E-state index contributed by atoms with van der Waals surface area (Å²) in [6.45, 7) is 0.266. The molecule has 0 amide bonds. The third-order valence-corrected chi connectivity index (χ3v) is 3.71. The number of ether oxygens (including phenoxy) is 1. The van der Waals surface area contributed by atoms with Gasteiger partial charge >= 0.3 is 0 Å². The van der Waals surface area contributed by atoms with Crippen LogP contribution in [0.1, 0.15) is 11.5 Å². The van der Waals surface area contributed by atoms with Gasteiger partial charge in [-0.1, -0.05) is 17.8 Å². The Hall–Kier alpha value is -1.05. The van der Waals surface area contributed by atoms with Crippen LogP contribution in [0.2, 0.25) is 0 Å². The zero-order chi connectivity index (χ0) is 13.0. The maximum absolute atomic E-state index is 5.40. The molecule has 1 heterocycles. The van der Waals surface area contributed by atoms with Crippen molar-refractivity contribution < 1.29 is 9.15 Å². The fourth-order valence-corrected chi connectivity index (χ4v) is 2.64. The normalized spacial score (nSPS) is 10.6. The number of halogens is 1. The van der Waals surface area contributed by atoms with Gasteiger partial charge in [0.25, 0.3) is 5.22 Å². The summed E-state index contributed by atoms with van der Waals surface area (Å²) in [5, 5.41) is 8.22. The van der Waals surface area contributed by atoms with Crippen LogP contribution in [0.25, 0.3) is 0 Å². The summed E-state index contributed by atoms with van der Waals surface area (Å²) in [6, 6.07) is 5.92. The van der Waals surface area contributed by atoms with Crippen molar-refractivity contribution in [3.63, 3.8) is 0 Å². The van der Waals surface area contributed by atoms with Crippen molar-refractivity contribution in [2.24, 2.45) is 5.73 Å². The minimum absolute atomic E-state index is 0.266. The van der Waals surface area contributed by atoms with Crippen molar-refractivity contribution >= 4 is 27.7 Å². The molecule has 0 radical (unpaired) electrons. The molecule has 0 aliphatic rings. The molecule has 96 valence electrons. The molecule has 0 saturated heterocycles. The van der Waals surface area contributed by atoms with Crippen molar-refractivity contribution in [3.8, 4) is 5.75 Å². The van der Waals surface area contributed by atoms with E-state index in [1.165, 1.54) is 11.8 Å². The second-order valence-corrected chi connectivity index (χ2v) is 5.20. The van der Waals surface area contributed by atoms with Crippen LogP contribution in [0.4, 0.5) is 0 Å². The van der Waals surface area contributed by atoms with E-state index < -0.39 is 0 Å². The van der Waals surface area contributed by atoms with E-state index in [1.54, 1.807) is 7.11 Å². The van der Waals surface area contributed by atoms with E-state index in [1.807, 2.05) is 18.2 Å². The molecule has 0 spiro atoms. The number of nitrogens with two attached hydrogens (primary N) is 1. The molecule has 7 heteroatoms. The molecule has 0 aliphatic carbocycles. The van der Waals surface area contributed by atoms with Gasteiger partial charge in [-0.3, -0.25) is 0 Å². The minimum atomic E-state index is 0.266. The average molecular weight is 330 g/mol. The molecule has 1 aromatic heterocycles. The van der Waals surface area contributed by atoms with Gasteiger partial charge in [0.15, 0.2) is 0 Å². The second kappa shape index (κ2) is 6.21. The summed E-state index contributed by atoms with van der Waals surface area (Å²) in [6.07, 6.45) is 0. The van der Waals surface area contributed by atoms with E-state index in [0.29, 0.717) is 11.1 Å². The average Bonchev–Trinajstić information content (AvgIpc) is 2.84. The third kappa shape index (κ3) is 3.24. The van der Waals surface area contributed by atoms with E-state index in [-0.39, 0.29) is 6.54 Å². The number of aromatic nitrogens is 2.